The summed E-state index contributed by atoms with van der Waals surface area (Å²) in [6, 6.07) is 7.04. The van der Waals surface area contributed by atoms with Gasteiger partial charge in [-0.05, 0) is 30.2 Å². The van der Waals surface area contributed by atoms with E-state index in [4.69, 9.17) is 5.73 Å². The zero-order chi connectivity index (χ0) is 15.1. The van der Waals surface area contributed by atoms with Gasteiger partial charge in [-0.2, -0.15) is 0 Å². The molecule has 1 atom stereocenters. The Bertz CT molecular complexity index is 460. The number of benzene rings is 1. The SMILES string of the molecule is CC(C)CC(=O)Nc1ccc(NC(=O)C(C)CN)cc1.Cl. The average molecular weight is 314 g/mol. The van der Waals surface area contributed by atoms with E-state index in [2.05, 4.69) is 10.6 Å². The zero-order valence-electron chi connectivity index (χ0n) is 12.7. The molecular formula is C15H24ClN3O2. The van der Waals surface area contributed by atoms with Crippen LogP contribution in [-0.4, -0.2) is 18.4 Å². The molecule has 1 aromatic carbocycles. The molecule has 0 saturated heterocycles. The fourth-order valence-electron chi connectivity index (χ4n) is 1.59. The average Bonchev–Trinajstić information content (AvgIpc) is 2.39. The van der Waals surface area contributed by atoms with Crippen molar-refractivity contribution in [2.24, 2.45) is 17.6 Å². The van der Waals surface area contributed by atoms with Gasteiger partial charge in [0.15, 0.2) is 0 Å². The van der Waals surface area contributed by atoms with Gasteiger partial charge in [0.2, 0.25) is 11.8 Å². The Morgan fingerprint density at radius 2 is 1.52 bits per heavy atom. The molecule has 0 spiro atoms. The lowest BCUT2D eigenvalue weighted by atomic mass is 10.1. The van der Waals surface area contributed by atoms with Crippen LogP contribution in [0.3, 0.4) is 0 Å². The maximum absolute atomic E-state index is 11.7. The van der Waals surface area contributed by atoms with Crippen LogP contribution in [0.25, 0.3) is 0 Å². The van der Waals surface area contributed by atoms with E-state index in [0.29, 0.717) is 24.6 Å². The predicted molar refractivity (Wildman–Crippen MR) is 88.6 cm³/mol. The van der Waals surface area contributed by atoms with Gasteiger partial charge in [0.05, 0.1) is 0 Å². The summed E-state index contributed by atoms with van der Waals surface area (Å²) < 4.78 is 0. The Morgan fingerprint density at radius 3 is 1.95 bits per heavy atom. The number of hydrogen-bond donors (Lipinski definition) is 3. The van der Waals surface area contributed by atoms with E-state index in [1.54, 1.807) is 31.2 Å². The van der Waals surface area contributed by atoms with Crippen molar-refractivity contribution in [2.45, 2.75) is 27.2 Å². The van der Waals surface area contributed by atoms with Crippen LogP contribution in [0.1, 0.15) is 27.2 Å². The number of amides is 2. The molecule has 6 heteroatoms. The number of nitrogens with two attached hydrogens (primary N) is 1. The second-order valence-corrected chi connectivity index (χ2v) is 5.35. The third-order valence-electron chi connectivity index (χ3n) is 2.83. The van der Waals surface area contributed by atoms with Crippen LogP contribution in [0.4, 0.5) is 11.4 Å². The van der Waals surface area contributed by atoms with E-state index in [1.807, 2.05) is 13.8 Å². The van der Waals surface area contributed by atoms with Crippen molar-refractivity contribution in [3.05, 3.63) is 24.3 Å². The lowest BCUT2D eigenvalue weighted by Gasteiger charge is -2.11. The second-order valence-electron chi connectivity index (χ2n) is 5.35. The molecule has 0 aliphatic rings. The molecule has 118 valence electrons. The summed E-state index contributed by atoms with van der Waals surface area (Å²) >= 11 is 0. The molecule has 1 rings (SSSR count). The minimum atomic E-state index is -0.222. The number of anilines is 2. The maximum atomic E-state index is 11.7. The molecule has 0 aliphatic carbocycles. The van der Waals surface area contributed by atoms with Crippen LogP contribution in [0.2, 0.25) is 0 Å². The highest BCUT2D eigenvalue weighted by Crippen LogP contribution is 2.15. The van der Waals surface area contributed by atoms with Crippen molar-refractivity contribution in [3.8, 4) is 0 Å². The molecule has 21 heavy (non-hydrogen) atoms. The Morgan fingerprint density at radius 1 is 1.05 bits per heavy atom. The van der Waals surface area contributed by atoms with Gasteiger partial charge in [0.25, 0.3) is 0 Å². The Labute approximate surface area is 132 Å². The molecular weight excluding hydrogens is 290 g/mol. The summed E-state index contributed by atoms with van der Waals surface area (Å²) in [5.74, 6) is -0.00985. The first-order chi connectivity index (χ1) is 9.42. The van der Waals surface area contributed by atoms with Crippen LogP contribution in [0, 0.1) is 11.8 Å². The highest BCUT2D eigenvalue weighted by atomic mass is 35.5. The van der Waals surface area contributed by atoms with Crippen molar-refractivity contribution in [1.82, 2.24) is 0 Å². The predicted octanol–water partition coefficient (Wildman–Crippen LogP) is 2.63. The van der Waals surface area contributed by atoms with Crippen molar-refractivity contribution in [3.63, 3.8) is 0 Å². The van der Waals surface area contributed by atoms with Crippen molar-refractivity contribution in [1.29, 1.82) is 0 Å². The summed E-state index contributed by atoms with van der Waals surface area (Å²) in [6.07, 6.45) is 0.493. The molecule has 2 amide bonds. The smallest absolute Gasteiger partial charge is 0.228 e. The van der Waals surface area contributed by atoms with Gasteiger partial charge in [-0.25, -0.2) is 0 Å². The minimum absolute atomic E-state index is 0. The third-order valence-corrected chi connectivity index (χ3v) is 2.83. The summed E-state index contributed by atoms with van der Waals surface area (Å²) in [5.41, 5.74) is 6.85. The monoisotopic (exact) mass is 313 g/mol. The summed E-state index contributed by atoms with van der Waals surface area (Å²) in [4.78, 5) is 23.3. The number of halogens is 1. The number of nitrogens with one attached hydrogen (secondary N) is 2. The van der Waals surface area contributed by atoms with Crippen LogP contribution in [0.15, 0.2) is 24.3 Å². The number of carbonyl (C=O) groups is 2. The molecule has 0 heterocycles. The van der Waals surface area contributed by atoms with Crippen LogP contribution in [0.5, 0.6) is 0 Å². The van der Waals surface area contributed by atoms with E-state index in [9.17, 15) is 9.59 Å². The summed E-state index contributed by atoms with van der Waals surface area (Å²) in [6.45, 7) is 6.08. The molecule has 5 nitrogen and oxygen atoms in total. The second kappa shape index (κ2) is 9.37. The largest absolute Gasteiger partial charge is 0.330 e. The van der Waals surface area contributed by atoms with E-state index in [0.717, 1.165) is 5.69 Å². The van der Waals surface area contributed by atoms with Crippen molar-refractivity contribution >= 4 is 35.6 Å². The first kappa shape index (κ1) is 19.4. The van der Waals surface area contributed by atoms with Gasteiger partial charge in [0, 0.05) is 30.3 Å². The fraction of sp³-hybridized carbons (Fsp3) is 0.467. The van der Waals surface area contributed by atoms with Crippen molar-refractivity contribution in [2.75, 3.05) is 17.2 Å². The Kier molecular flexibility index (Phi) is 8.66. The van der Waals surface area contributed by atoms with Gasteiger partial charge in [0.1, 0.15) is 0 Å². The molecule has 0 saturated carbocycles. The highest BCUT2D eigenvalue weighted by molar-refractivity contribution is 5.93. The Hall–Kier alpha value is -1.59. The van der Waals surface area contributed by atoms with Gasteiger partial charge in [-0.3, -0.25) is 9.59 Å². The first-order valence-corrected chi connectivity index (χ1v) is 6.83. The molecule has 4 N–H and O–H groups in total. The van der Waals surface area contributed by atoms with E-state index in [-0.39, 0.29) is 30.1 Å². The lowest BCUT2D eigenvalue weighted by Crippen LogP contribution is -2.26. The normalized spacial score (nSPS) is 11.5. The van der Waals surface area contributed by atoms with Crippen molar-refractivity contribution < 1.29 is 9.59 Å². The third kappa shape index (κ3) is 7.11. The number of hydrogen-bond acceptors (Lipinski definition) is 3. The Balaban J connectivity index is 0.00000400. The van der Waals surface area contributed by atoms with Crippen LogP contribution < -0.4 is 16.4 Å². The molecule has 0 aliphatic heterocycles. The molecule has 0 fully saturated rings. The molecule has 1 aromatic rings. The molecule has 0 radical (unpaired) electrons. The molecule has 0 bridgehead atoms. The fourth-order valence-corrected chi connectivity index (χ4v) is 1.59. The van der Waals surface area contributed by atoms with Gasteiger partial charge < -0.3 is 16.4 Å². The van der Waals surface area contributed by atoms with Gasteiger partial charge in [-0.15, -0.1) is 12.4 Å². The first-order valence-electron chi connectivity index (χ1n) is 6.83. The number of carbonyl (C=O) groups excluding carboxylic acids is 2. The summed E-state index contributed by atoms with van der Waals surface area (Å²) in [5, 5.41) is 5.59. The molecule has 1 unspecified atom stereocenters. The zero-order valence-corrected chi connectivity index (χ0v) is 13.5. The van der Waals surface area contributed by atoms with E-state index in [1.165, 1.54) is 0 Å². The van der Waals surface area contributed by atoms with Gasteiger partial charge >= 0.3 is 0 Å². The molecule has 0 aromatic heterocycles. The van der Waals surface area contributed by atoms with Crippen LogP contribution in [-0.2, 0) is 9.59 Å². The maximum Gasteiger partial charge on any atom is 0.228 e. The summed E-state index contributed by atoms with van der Waals surface area (Å²) in [7, 11) is 0. The minimum Gasteiger partial charge on any atom is -0.330 e. The van der Waals surface area contributed by atoms with Crippen LogP contribution >= 0.6 is 12.4 Å². The topological polar surface area (TPSA) is 84.2 Å². The lowest BCUT2D eigenvalue weighted by molar-refractivity contribution is -0.119. The number of rotatable bonds is 6. The quantitative estimate of drug-likeness (QED) is 0.754. The standard InChI is InChI=1S/C15H23N3O2.ClH/c1-10(2)8-14(19)17-12-4-6-13(7-5-12)18-15(20)11(3)9-16;/h4-7,10-11H,8-9,16H2,1-3H3,(H,17,19)(H,18,20);1H. The highest BCUT2D eigenvalue weighted by Gasteiger charge is 2.11. The van der Waals surface area contributed by atoms with Gasteiger partial charge in [-0.1, -0.05) is 20.8 Å². The van der Waals surface area contributed by atoms with E-state index < -0.39 is 0 Å². The van der Waals surface area contributed by atoms with E-state index >= 15 is 0 Å².